The minimum atomic E-state index is 0.414. The molecule has 2 aliphatic rings. The van der Waals surface area contributed by atoms with Crippen molar-refractivity contribution in [2.24, 2.45) is 11.3 Å². The molecule has 1 spiro atoms. The van der Waals surface area contributed by atoms with Crippen LogP contribution in [0.25, 0.3) is 10.9 Å². The topological polar surface area (TPSA) is 60.6 Å². The van der Waals surface area contributed by atoms with Crippen LogP contribution in [0.4, 0.5) is 5.69 Å². The molecule has 5 heteroatoms. The van der Waals surface area contributed by atoms with Gasteiger partial charge in [-0.25, -0.2) is 0 Å². The SMILES string of the molecule is NOc1ccnc2ccc(N3CC4(COC4)C3)cc12. The van der Waals surface area contributed by atoms with Gasteiger partial charge in [0.25, 0.3) is 0 Å². The average Bonchev–Trinajstić information content (AvgIpc) is 2.34. The van der Waals surface area contributed by atoms with Crippen molar-refractivity contribution in [1.82, 2.24) is 4.98 Å². The summed E-state index contributed by atoms with van der Waals surface area (Å²) in [5, 5.41) is 0.952. The van der Waals surface area contributed by atoms with Gasteiger partial charge >= 0.3 is 0 Å². The van der Waals surface area contributed by atoms with Crippen molar-refractivity contribution in [3.05, 3.63) is 30.5 Å². The maximum absolute atomic E-state index is 5.30. The van der Waals surface area contributed by atoms with Crippen LogP contribution in [0.2, 0.25) is 0 Å². The average molecular weight is 257 g/mol. The predicted octanol–water partition coefficient (Wildman–Crippen LogP) is 1.32. The Labute approximate surface area is 110 Å². The molecule has 3 heterocycles. The van der Waals surface area contributed by atoms with Crippen molar-refractivity contribution in [2.75, 3.05) is 31.2 Å². The van der Waals surface area contributed by atoms with E-state index in [0.29, 0.717) is 11.2 Å². The zero-order valence-electron chi connectivity index (χ0n) is 10.5. The van der Waals surface area contributed by atoms with Crippen LogP contribution in [0.15, 0.2) is 30.5 Å². The Morgan fingerprint density at radius 3 is 2.79 bits per heavy atom. The number of benzene rings is 1. The van der Waals surface area contributed by atoms with Gasteiger partial charge in [0.15, 0.2) is 5.75 Å². The quantitative estimate of drug-likeness (QED) is 0.822. The van der Waals surface area contributed by atoms with Gasteiger partial charge in [0.1, 0.15) is 0 Å². The van der Waals surface area contributed by atoms with Gasteiger partial charge < -0.3 is 14.5 Å². The maximum Gasteiger partial charge on any atom is 0.157 e. The number of fused-ring (bicyclic) bond motifs is 1. The fourth-order valence-electron chi connectivity index (χ4n) is 2.93. The molecule has 98 valence electrons. The number of nitrogens with two attached hydrogens (primary N) is 1. The highest BCUT2D eigenvalue weighted by Gasteiger charge is 2.49. The highest BCUT2D eigenvalue weighted by molar-refractivity contribution is 5.88. The number of hydrogen-bond donors (Lipinski definition) is 1. The molecule has 0 atom stereocenters. The summed E-state index contributed by atoms with van der Waals surface area (Å²) in [5.41, 5.74) is 2.50. The number of rotatable bonds is 2. The van der Waals surface area contributed by atoms with E-state index in [9.17, 15) is 0 Å². The highest BCUT2D eigenvalue weighted by Crippen LogP contribution is 2.41. The van der Waals surface area contributed by atoms with E-state index in [-0.39, 0.29) is 0 Å². The molecule has 0 saturated carbocycles. The van der Waals surface area contributed by atoms with E-state index < -0.39 is 0 Å². The Morgan fingerprint density at radius 2 is 2.11 bits per heavy atom. The van der Waals surface area contributed by atoms with Crippen molar-refractivity contribution in [3.8, 4) is 5.75 Å². The summed E-state index contributed by atoms with van der Waals surface area (Å²) in [4.78, 5) is 11.6. The largest absolute Gasteiger partial charge is 0.411 e. The molecule has 0 radical (unpaired) electrons. The first-order valence-electron chi connectivity index (χ1n) is 6.38. The molecule has 2 aliphatic heterocycles. The first-order valence-corrected chi connectivity index (χ1v) is 6.38. The van der Waals surface area contributed by atoms with Gasteiger partial charge in [-0.05, 0) is 18.2 Å². The van der Waals surface area contributed by atoms with E-state index in [2.05, 4.69) is 22.0 Å². The molecule has 0 unspecified atom stereocenters. The Morgan fingerprint density at radius 1 is 1.26 bits per heavy atom. The van der Waals surface area contributed by atoms with Gasteiger partial charge in [0, 0.05) is 36.4 Å². The number of nitrogens with zero attached hydrogens (tertiary/aromatic N) is 2. The Hall–Kier alpha value is -1.85. The first kappa shape index (κ1) is 11.0. The lowest BCUT2D eigenvalue weighted by Crippen LogP contribution is -2.66. The van der Waals surface area contributed by atoms with E-state index >= 15 is 0 Å². The fourth-order valence-corrected chi connectivity index (χ4v) is 2.93. The Bertz CT molecular complexity index is 632. The lowest BCUT2D eigenvalue weighted by Gasteiger charge is -2.56. The zero-order valence-corrected chi connectivity index (χ0v) is 10.5. The molecule has 2 aromatic rings. The second kappa shape index (κ2) is 3.82. The molecule has 2 fully saturated rings. The molecule has 2 N–H and O–H groups in total. The number of ether oxygens (including phenoxy) is 1. The third kappa shape index (κ3) is 1.59. The van der Waals surface area contributed by atoms with Crippen LogP contribution in [0.3, 0.4) is 0 Å². The Balaban J connectivity index is 1.68. The van der Waals surface area contributed by atoms with Crippen LogP contribution in [-0.2, 0) is 4.74 Å². The second-order valence-corrected chi connectivity index (χ2v) is 5.48. The molecule has 1 aromatic carbocycles. The van der Waals surface area contributed by atoms with E-state index in [1.54, 1.807) is 12.3 Å². The van der Waals surface area contributed by atoms with Crippen molar-refractivity contribution in [1.29, 1.82) is 0 Å². The monoisotopic (exact) mass is 257 g/mol. The predicted molar refractivity (Wildman–Crippen MR) is 72.0 cm³/mol. The van der Waals surface area contributed by atoms with Gasteiger partial charge in [-0.1, -0.05) is 0 Å². The van der Waals surface area contributed by atoms with E-state index in [4.69, 9.17) is 15.5 Å². The van der Waals surface area contributed by atoms with Crippen LogP contribution in [0.5, 0.6) is 5.75 Å². The molecular weight excluding hydrogens is 242 g/mol. The first-order chi connectivity index (χ1) is 9.30. The van der Waals surface area contributed by atoms with Crippen LogP contribution in [0.1, 0.15) is 0 Å². The van der Waals surface area contributed by atoms with Crippen LogP contribution >= 0.6 is 0 Å². The van der Waals surface area contributed by atoms with Gasteiger partial charge in [0.05, 0.1) is 24.1 Å². The summed E-state index contributed by atoms with van der Waals surface area (Å²) in [6, 6.07) is 7.98. The molecule has 19 heavy (non-hydrogen) atoms. The maximum atomic E-state index is 5.30. The van der Waals surface area contributed by atoms with Gasteiger partial charge in [-0.3, -0.25) is 4.98 Å². The van der Waals surface area contributed by atoms with Gasteiger partial charge in [-0.15, -0.1) is 0 Å². The normalized spacial score (nSPS) is 20.2. The molecule has 2 saturated heterocycles. The summed E-state index contributed by atoms with van der Waals surface area (Å²) < 4.78 is 5.30. The highest BCUT2D eigenvalue weighted by atomic mass is 16.6. The lowest BCUT2D eigenvalue weighted by molar-refractivity contribution is -0.127. The zero-order chi connectivity index (χ0) is 12.9. The van der Waals surface area contributed by atoms with Gasteiger partial charge in [0.2, 0.25) is 0 Å². The van der Waals surface area contributed by atoms with Crippen molar-refractivity contribution in [3.63, 3.8) is 0 Å². The van der Waals surface area contributed by atoms with Crippen LogP contribution in [-0.4, -0.2) is 31.3 Å². The lowest BCUT2D eigenvalue weighted by atomic mass is 9.78. The summed E-state index contributed by atoms with van der Waals surface area (Å²) in [5.74, 6) is 5.97. The molecule has 1 aromatic heterocycles. The molecule has 0 bridgehead atoms. The molecule has 5 nitrogen and oxygen atoms in total. The van der Waals surface area contributed by atoms with Crippen LogP contribution < -0.4 is 15.6 Å². The second-order valence-electron chi connectivity index (χ2n) is 5.48. The van der Waals surface area contributed by atoms with E-state index in [1.165, 1.54) is 5.69 Å². The minimum Gasteiger partial charge on any atom is -0.411 e. The number of anilines is 1. The Kier molecular flexibility index (Phi) is 2.22. The number of hydrogen-bond acceptors (Lipinski definition) is 5. The third-order valence-corrected chi connectivity index (χ3v) is 4.05. The standard InChI is InChI=1S/C14H15N3O2/c15-19-13-3-4-16-12-2-1-10(5-11(12)13)17-6-14(7-17)8-18-9-14/h1-5H,6-9,15H2. The smallest absolute Gasteiger partial charge is 0.157 e. The van der Waals surface area contributed by atoms with Crippen molar-refractivity contribution in [2.45, 2.75) is 0 Å². The van der Waals surface area contributed by atoms with Crippen LogP contribution in [0, 0.1) is 5.41 Å². The van der Waals surface area contributed by atoms with Gasteiger partial charge in [-0.2, -0.15) is 5.90 Å². The third-order valence-electron chi connectivity index (χ3n) is 4.05. The molecule has 0 aliphatic carbocycles. The molecular formula is C14H15N3O2. The van der Waals surface area contributed by atoms with Crippen molar-refractivity contribution >= 4 is 16.6 Å². The minimum absolute atomic E-state index is 0.414. The summed E-state index contributed by atoms with van der Waals surface area (Å²) in [6.07, 6.45) is 1.70. The molecule has 4 rings (SSSR count). The summed E-state index contributed by atoms with van der Waals surface area (Å²) in [7, 11) is 0. The number of aromatic nitrogens is 1. The van der Waals surface area contributed by atoms with E-state index in [0.717, 1.165) is 37.2 Å². The fraction of sp³-hybridized carbons (Fsp3) is 0.357. The van der Waals surface area contributed by atoms with E-state index in [1.807, 2.05) is 6.07 Å². The summed E-state index contributed by atoms with van der Waals surface area (Å²) in [6.45, 7) is 3.93. The van der Waals surface area contributed by atoms with Crippen molar-refractivity contribution < 1.29 is 9.57 Å². The summed E-state index contributed by atoms with van der Waals surface area (Å²) >= 11 is 0. The number of pyridine rings is 1. The molecule has 0 amide bonds.